The van der Waals surface area contributed by atoms with Gasteiger partial charge >= 0.3 is 0 Å². The zero-order valence-corrected chi connectivity index (χ0v) is 9.89. The van der Waals surface area contributed by atoms with Gasteiger partial charge in [-0.2, -0.15) is 0 Å². The number of rotatable bonds is 7. The van der Waals surface area contributed by atoms with E-state index in [1.807, 2.05) is 0 Å². The average molecular weight is 197 g/mol. The number of hydrogen-bond donors (Lipinski definition) is 1. The summed E-state index contributed by atoms with van der Waals surface area (Å²) in [6.07, 6.45) is 8.54. The standard InChI is InChI=1S/C12H23NO/c1-6-8-11(7-2)13-10-9-12(3,4)14-5/h2,11,13H,6,8-10H2,1,3-5H3. The Morgan fingerprint density at radius 1 is 1.50 bits per heavy atom. The molecule has 82 valence electrons. The monoisotopic (exact) mass is 197 g/mol. The van der Waals surface area contributed by atoms with E-state index >= 15 is 0 Å². The van der Waals surface area contributed by atoms with E-state index in [0.717, 1.165) is 25.8 Å². The van der Waals surface area contributed by atoms with Crippen molar-refractivity contribution in [3.05, 3.63) is 0 Å². The van der Waals surface area contributed by atoms with E-state index < -0.39 is 0 Å². The molecule has 0 saturated carbocycles. The fraction of sp³-hybridized carbons (Fsp3) is 0.833. The minimum Gasteiger partial charge on any atom is -0.379 e. The molecule has 0 aromatic carbocycles. The first-order valence-electron chi connectivity index (χ1n) is 5.30. The molecule has 0 aliphatic carbocycles. The summed E-state index contributed by atoms with van der Waals surface area (Å²) in [4.78, 5) is 0. The van der Waals surface area contributed by atoms with Crippen LogP contribution in [0.15, 0.2) is 0 Å². The van der Waals surface area contributed by atoms with Crippen LogP contribution in [0.3, 0.4) is 0 Å². The summed E-state index contributed by atoms with van der Waals surface area (Å²) < 4.78 is 5.32. The molecule has 1 atom stereocenters. The van der Waals surface area contributed by atoms with Crippen molar-refractivity contribution in [2.24, 2.45) is 0 Å². The van der Waals surface area contributed by atoms with Gasteiger partial charge in [-0.3, -0.25) is 0 Å². The Balaban J connectivity index is 3.67. The van der Waals surface area contributed by atoms with Crippen LogP contribution in [0.25, 0.3) is 0 Å². The van der Waals surface area contributed by atoms with E-state index in [9.17, 15) is 0 Å². The highest BCUT2D eigenvalue weighted by atomic mass is 16.5. The van der Waals surface area contributed by atoms with Crippen LogP contribution in [-0.4, -0.2) is 25.3 Å². The summed E-state index contributed by atoms with van der Waals surface area (Å²) in [6.45, 7) is 7.22. The molecule has 2 heteroatoms. The predicted octanol–water partition coefficient (Wildman–Crippen LogP) is 2.19. The second-order valence-electron chi connectivity index (χ2n) is 4.18. The fourth-order valence-electron chi connectivity index (χ4n) is 1.18. The van der Waals surface area contributed by atoms with Crippen molar-refractivity contribution in [3.63, 3.8) is 0 Å². The highest BCUT2D eigenvalue weighted by Crippen LogP contribution is 2.11. The lowest BCUT2D eigenvalue weighted by Crippen LogP contribution is -2.34. The summed E-state index contributed by atoms with van der Waals surface area (Å²) in [6, 6.07) is 0.215. The van der Waals surface area contributed by atoms with Crippen LogP contribution in [-0.2, 0) is 4.74 Å². The maximum absolute atomic E-state index is 5.40. The third-order valence-corrected chi connectivity index (χ3v) is 2.45. The molecule has 0 saturated heterocycles. The summed E-state index contributed by atoms with van der Waals surface area (Å²) >= 11 is 0. The largest absolute Gasteiger partial charge is 0.379 e. The second-order valence-corrected chi connectivity index (χ2v) is 4.18. The fourth-order valence-corrected chi connectivity index (χ4v) is 1.18. The van der Waals surface area contributed by atoms with Crippen LogP contribution in [0.2, 0.25) is 0 Å². The smallest absolute Gasteiger partial charge is 0.0686 e. The number of hydrogen-bond acceptors (Lipinski definition) is 2. The van der Waals surface area contributed by atoms with Crippen LogP contribution in [0, 0.1) is 12.3 Å². The van der Waals surface area contributed by atoms with Crippen molar-refractivity contribution in [3.8, 4) is 12.3 Å². The number of nitrogens with one attached hydrogen (secondary N) is 1. The number of methoxy groups -OCH3 is 1. The van der Waals surface area contributed by atoms with E-state index in [1.54, 1.807) is 7.11 Å². The molecule has 0 aromatic heterocycles. The molecule has 0 heterocycles. The first kappa shape index (κ1) is 13.5. The number of ether oxygens (including phenoxy) is 1. The van der Waals surface area contributed by atoms with Gasteiger partial charge in [0, 0.05) is 7.11 Å². The summed E-state index contributed by atoms with van der Waals surface area (Å²) in [5.74, 6) is 2.76. The number of terminal acetylenes is 1. The first-order chi connectivity index (χ1) is 6.55. The van der Waals surface area contributed by atoms with Gasteiger partial charge in [-0.25, -0.2) is 0 Å². The summed E-state index contributed by atoms with van der Waals surface area (Å²) in [7, 11) is 1.74. The van der Waals surface area contributed by atoms with Crippen LogP contribution < -0.4 is 5.32 Å². The third-order valence-electron chi connectivity index (χ3n) is 2.45. The zero-order valence-electron chi connectivity index (χ0n) is 9.89. The molecule has 1 N–H and O–H groups in total. The van der Waals surface area contributed by atoms with E-state index in [0.29, 0.717) is 0 Å². The van der Waals surface area contributed by atoms with Crippen LogP contribution in [0.5, 0.6) is 0 Å². The lowest BCUT2D eigenvalue weighted by atomic mass is 10.0. The van der Waals surface area contributed by atoms with Crippen molar-refractivity contribution in [1.82, 2.24) is 5.32 Å². The average Bonchev–Trinajstić information content (AvgIpc) is 2.16. The van der Waals surface area contributed by atoms with Crippen molar-refractivity contribution in [1.29, 1.82) is 0 Å². The van der Waals surface area contributed by atoms with Gasteiger partial charge in [0.2, 0.25) is 0 Å². The molecule has 0 rings (SSSR count). The Hall–Kier alpha value is -0.520. The maximum Gasteiger partial charge on any atom is 0.0686 e. The molecule has 0 bridgehead atoms. The Labute approximate surface area is 88.4 Å². The van der Waals surface area contributed by atoms with Crippen molar-refractivity contribution in [2.45, 2.75) is 51.7 Å². The van der Waals surface area contributed by atoms with Gasteiger partial charge in [0.05, 0.1) is 11.6 Å². The molecule has 0 amide bonds. The van der Waals surface area contributed by atoms with Gasteiger partial charge < -0.3 is 10.1 Å². The lowest BCUT2D eigenvalue weighted by Gasteiger charge is -2.23. The Morgan fingerprint density at radius 3 is 2.57 bits per heavy atom. The molecule has 0 aromatic rings. The molecule has 0 spiro atoms. The summed E-state index contributed by atoms with van der Waals surface area (Å²) in [5.41, 5.74) is -0.0572. The predicted molar refractivity (Wildman–Crippen MR) is 61.2 cm³/mol. The molecule has 0 aliphatic heterocycles. The normalized spacial score (nSPS) is 13.6. The molecule has 1 unspecified atom stereocenters. The van der Waals surface area contributed by atoms with Gasteiger partial charge in [-0.1, -0.05) is 19.3 Å². The topological polar surface area (TPSA) is 21.3 Å². The first-order valence-corrected chi connectivity index (χ1v) is 5.30. The summed E-state index contributed by atoms with van der Waals surface area (Å²) in [5, 5.41) is 3.34. The van der Waals surface area contributed by atoms with Crippen molar-refractivity contribution in [2.75, 3.05) is 13.7 Å². The Morgan fingerprint density at radius 2 is 2.14 bits per heavy atom. The Kier molecular flexibility index (Phi) is 6.61. The molecule has 14 heavy (non-hydrogen) atoms. The highest BCUT2D eigenvalue weighted by Gasteiger charge is 2.15. The molecule has 0 fully saturated rings. The SMILES string of the molecule is C#CC(CCC)NCCC(C)(C)OC. The minimum atomic E-state index is -0.0572. The van der Waals surface area contributed by atoms with Gasteiger partial charge in [-0.05, 0) is 33.2 Å². The quantitative estimate of drug-likeness (QED) is 0.632. The molecule has 2 nitrogen and oxygen atoms in total. The zero-order chi connectivity index (χ0) is 11.0. The second kappa shape index (κ2) is 6.86. The molecular formula is C12H23NO. The third kappa shape index (κ3) is 6.01. The van der Waals surface area contributed by atoms with Gasteiger partial charge in [-0.15, -0.1) is 6.42 Å². The molecular weight excluding hydrogens is 174 g/mol. The maximum atomic E-state index is 5.40. The van der Waals surface area contributed by atoms with Gasteiger partial charge in [0.1, 0.15) is 0 Å². The van der Waals surface area contributed by atoms with Crippen molar-refractivity contribution >= 4 is 0 Å². The van der Waals surface area contributed by atoms with Crippen LogP contribution in [0.1, 0.15) is 40.0 Å². The minimum absolute atomic E-state index is 0.0572. The lowest BCUT2D eigenvalue weighted by molar-refractivity contribution is 0.0156. The van der Waals surface area contributed by atoms with Crippen LogP contribution >= 0.6 is 0 Å². The van der Waals surface area contributed by atoms with Crippen molar-refractivity contribution < 1.29 is 4.74 Å². The Bertz CT molecular complexity index is 181. The van der Waals surface area contributed by atoms with E-state index in [4.69, 9.17) is 11.2 Å². The molecule has 0 radical (unpaired) electrons. The highest BCUT2D eigenvalue weighted by molar-refractivity contribution is 4.98. The van der Waals surface area contributed by atoms with Gasteiger partial charge in [0.25, 0.3) is 0 Å². The van der Waals surface area contributed by atoms with E-state index in [-0.39, 0.29) is 11.6 Å². The molecule has 0 aliphatic rings. The van der Waals surface area contributed by atoms with Crippen LogP contribution in [0.4, 0.5) is 0 Å². The van der Waals surface area contributed by atoms with E-state index in [1.165, 1.54) is 0 Å². The van der Waals surface area contributed by atoms with E-state index in [2.05, 4.69) is 32.0 Å². The van der Waals surface area contributed by atoms with Gasteiger partial charge in [0.15, 0.2) is 0 Å².